The first-order valence-corrected chi connectivity index (χ1v) is 4.35. The van der Waals surface area contributed by atoms with E-state index >= 15 is 0 Å². The Morgan fingerprint density at radius 2 is 2.08 bits per heavy atom. The van der Waals surface area contributed by atoms with Gasteiger partial charge in [0, 0.05) is 15.9 Å². The van der Waals surface area contributed by atoms with Crippen molar-refractivity contribution in [2.24, 2.45) is 0 Å². The number of H-pyrrole nitrogens is 1. The van der Waals surface area contributed by atoms with E-state index in [1.165, 1.54) is 0 Å². The van der Waals surface area contributed by atoms with Gasteiger partial charge in [0.05, 0.1) is 5.56 Å². The number of benzene rings is 1. The molecule has 1 aromatic heterocycles. The maximum absolute atomic E-state index is 8.80. The number of nitrogens with one attached hydrogen (secondary N) is 1. The fraction of sp³-hybridized carbons (Fsp3) is 0. The fourth-order valence-electron chi connectivity index (χ4n) is 1.24. The summed E-state index contributed by atoms with van der Waals surface area (Å²) in [6.45, 7) is 0. The first-order valence-electron chi connectivity index (χ1n) is 3.59. The van der Waals surface area contributed by atoms with Crippen LogP contribution in [0.5, 0.6) is 0 Å². The SMILES string of the molecule is N#Cc1c(Cl)[nH]c2ccc(Cl)cc12. The van der Waals surface area contributed by atoms with Crippen LogP contribution < -0.4 is 0 Å². The monoisotopic (exact) mass is 210 g/mol. The minimum atomic E-state index is 0.361. The van der Waals surface area contributed by atoms with Crippen molar-refractivity contribution in [2.45, 2.75) is 0 Å². The van der Waals surface area contributed by atoms with Crippen molar-refractivity contribution >= 4 is 34.1 Å². The second-order valence-corrected chi connectivity index (χ2v) is 3.43. The van der Waals surface area contributed by atoms with Gasteiger partial charge < -0.3 is 4.98 Å². The zero-order chi connectivity index (χ0) is 9.42. The Morgan fingerprint density at radius 3 is 2.77 bits per heavy atom. The van der Waals surface area contributed by atoms with Gasteiger partial charge >= 0.3 is 0 Å². The number of hydrogen-bond acceptors (Lipinski definition) is 1. The Bertz CT molecular complexity index is 508. The van der Waals surface area contributed by atoms with Crippen LogP contribution in [0.25, 0.3) is 10.9 Å². The molecule has 0 aliphatic rings. The summed E-state index contributed by atoms with van der Waals surface area (Å²) in [5.74, 6) is 0. The number of rotatable bonds is 0. The third-order valence-electron chi connectivity index (χ3n) is 1.83. The van der Waals surface area contributed by atoms with Crippen LogP contribution in [0.1, 0.15) is 5.56 Å². The minimum Gasteiger partial charge on any atom is -0.344 e. The maximum atomic E-state index is 8.80. The van der Waals surface area contributed by atoms with Crippen molar-refractivity contribution in [1.29, 1.82) is 5.26 Å². The number of aromatic nitrogens is 1. The van der Waals surface area contributed by atoms with Gasteiger partial charge in [-0.1, -0.05) is 23.2 Å². The van der Waals surface area contributed by atoms with Crippen LogP contribution in [-0.2, 0) is 0 Å². The van der Waals surface area contributed by atoms with E-state index in [0.29, 0.717) is 15.7 Å². The quantitative estimate of drug-likeness (QED) is 0.712. The molecule has 1 heterocycles. The molecule has 4 heteroatoms. The molecule has 0 radical (unpaired) electrons. The van der Waals surface area contributed by atoms with Crippen LogP contribution in [0, 0.1) is 11.3 Å². The Kier molecular flexibility index (Phi) is 1.91. The van der Waals surface area contributed by atoms with E-state index in [-0.39, 0.29) is 0 Å². The highest BCUT2D eigenvalue weighted by atomic mass is 35.5. The Balaban J connectivity index is 2.91. The summed E-state index contributed by atoms with van der Waals surface area (Å²) in [4.78, 5) is 2.89. The maximum Gasteiger partial charge on any atom is 0.125 e. The minimum absolute atomic E-state index is 0.361. The zero-order valence-corrected chi connectivity index (χ0v) is 7.95. The lowest BCUT2D eigenvalue weighted by Gasteiger charge is -1.90. The lowest BCUT2D eigenvalue weighted by Crippen LogP contribution is -1.70. The fourth-order valence-corrected chi connectivity index (χ4v) is 1.66. The molecule has 0 unspecified atom stereocenters. The third kappa shape index (κ3) is 1.27. The first-order chi connectivity index (χ1) is 6.22. The van der Waals surface area contributed by atoms with E-state index in [9.17, 15) is 0 Å². The number of halogens is 2. The van der Waals surface area contributed by atoms with Crippen LogP contribution >= 0.6 is 23.2 Å². The molecule has 2 nitrogen and oxygen atoms in total. The van der Waals surface area contributed by atoms with Gasteiger partial charge in [0.1, 0.15) is 11.2 Å². The summed E-state index contributed by atoms with van der Waals surface area (Å²) in [6.07, 6.45) is 0. The lowest BCUT2D eigenvalue weighted by atomic mass is 10.2. The van der Waals surface area contributed by atoms with E-state index in [0.717, 1.165) is 10.9 Å². The number of hydrogen-bond donors (Lipinski definition) is 1. The second-order valence-electron chi connectivity index (χ2n) is 2.62. The summed E-state index contributed by atoms with van der Waals surface area (Å²) in [5, 5.41) is 10.5. The van der Waals surface area contributed by atoms with Crippen LogP contribution in [0.2, 0.25) is 10.2 Å². The molecule has 13 heavy (non-hydrogen) atoms. The van der Waals surface area contributed by atoms with Crippen LogP contribution in [0.3, 0.4) is 0 Å². The van der Waals surface area contributed by atoms with E-state index in [2.05, 4.69) is 4.98 Å². The van der Waals surface area contributed by atoms with Crippen molar-refractivity contribution in [3.63, 3.8) is 0 Å². The van der Waals surface area contributed by atoms with Gasteiger partial charge in [-0.15, -0.1) is 0 Å². The third-order valence-corrected chi connectivity index (χ3v) is 2.35. The van der Waals surface area contributed by atoms with Crippen molar-refractivity contribution in [1.82, 2.24) is 4.98 Å². The van der Waals surface area contributed by atoms with Crippen LogP contribution in [0.4, 0.5) is 0 Å². The highest BCUT2D eigenvalue weighted by Crippen LogP contribution is 2.27. The van der Waals surface area contributed by atoms with Gasteiger partial charge in [-0.05, 0) is 18.2 Å². The molecule has 0 amide bonds. The summed E-state index contributed by atoms with van der Waals surface area (Å²) in [6, 6.07) is 7.29. The number of nitriles is 1. The Morgan fingerprint density at radius 1 is 1.31 bits per heavy atom. The normalized spacial score (nSPS) is 10.2. The van der Waals surface area contributed by atoms with Gasteiger partial charge in [0.2, 0.25) is 0 Å². The van der Waals surface area contributed by atoms with Crippen molar-refractivity contribution in [2.75, 3.05) is 0 Å². The molecular formula is C9H4Cl2N2. The number of aromatic amines is 1. The van der Waals surface area contributed by atoms with Gasteiger partial charge in [-0.25, -0.2) is 0 Å². The lowest BCUT2D eigenvalue weighted by molar-refractivity contribution is 1.44. The molecule has 0 aliphatic heterocycles. The molecule has 0 aliphatic carbocycles. The smallest absolute Gasteiger partial charge is 0.125 e. The molecule has 2 rings (SSSR count). The summed E-state index contributed by atoms with van der Waals surface area (Å²) < 4.78 is 0. The molecule has 1 N–H and O–H groups in total. The molecule has 0 atom stereocenters. The average Bonchev–Trinajstić information content (AvgIpc) is 2.40. The molecule has 64 valence electrons. The largest absolute Gasteiger partial charge is 0.344 e. The summed E-state index contributed by atoms with van der Waals surface area (Å²) in [5.41, 5.74) is 1.27. The van der Waals surface area contributed by atoms with Crippen molar-refractivity contribution in [3.8, 4) is 6.07 Å². The van der Waals surface area contributed by atoms with E-state index in [1.54, 1.807) is 18.2 Å². The predicted octanol–water partition coefficient (Wildman–Crippen LogP) is 3.35. The summed E-state index contributed by atoms with van der Waals surface area (Å²) in [7, 11) is 0. The zero-order valence-electron chi connectivity index (χ0n) is 6.44. The van der Waals surface area contributed by atoms with Gasteiger partial charge in [0.15, 0.2) is 0 Å². The highest BCUT2D eigenvalue weighted by molar-refractivity contribution is 6.33. The molecule has 1 aromatic carbocycles. The van der Waals surface area contributed by atoms with Crippen LogP contribution in [0.15, 0.2) is 18.2 Å². The van der Waals surface area contributed by atoms with Gasteiger partial charge in [0.25, 0.3) is 0 Å². The van der Waals surface area contributed by atoms with E-state index in [1.807, 2.05) is 6.07 Å². The highest BCUT2D eigenvalue weighted by Gasteiger charge is 2.08. The molecular weight excluding hydrogens is 207 g/mol. The average molecular weight is 211 g/mol. The van der Waals surface area contributed by atoms with Gasteiger partial charge in [-0.3, -0.25) is 0 Å². The molecule has 0 bridgehead atoms. The first kappa shape index (κ1) is 8.43. The molecule has 0 saturated carbocycles. The van der Waals surface area contributed by atoms with Crippen molar-refractivity contribution in [3.05, 3.63) is 33.9 Å². The van der Waals surface area contributed by atoms with E-state index < -0.39 is 0 Å². The summed E-state index contributed by atoms with van der Waals surface area (Å²) >= 11 is 11.6. The molecule has 0 fully saturated rings. The second kappa shape index (κ2) is 2.95. The number of nitrogens with zero attached hydrogens (tertiary/aromatic N) is 1. The standard InChI is InChI=1S/C9H4Cl2N2/c10-5-1-2-8-6(3-5)7(4-12)9(11)13-8/h1-3,13H. The van der Waals surface area contributed by atoms with E-state index in [4.69, 9.17) is 28.5 Å². The van der Waals surface area contributed by atoms with Gasteiger partial charge in [-0.2, -0.15) is 5.26 Å². The van der Waals surface area contributed by atoms with Crippen molar-refractivity contribution < 1.29 is 0 Å². The topological polar surface area (TPSA) is 39.6 Å². The number of fused-ring (bicyclic) bond motifs is 1. The predicted molar refractivity (Wildman–Crippen MR) is 53.0 cm³/mol. The Labute approximate surface area is 84.7 Å². The molecule has 0 saturated heterocycles. The molecule has 2 aromatic rings. The Hall–Kier alpha value is -1.17. The molecule has 0 spiro atoms. The van der Waals surface area contributed by atoms with Crippen LogP contribution in [-0.4, -0.2) is 4.98 Å².